The van der Waals surface area contributed by atoms with E-state index in [1.54, 1.807) is 25.7 Å². The van der Waals surface area contributed by atoms with Crippen molar-refractivity contribution >= 4 is 11.9 Å². The highest BCUT2D eigenvalue weighted by atomic mass is 16.1. The molecule has 0 aromatic rings. The van der Waals surface area contributed by atoms with Crippen LogP contribution in [0.25, 0.3) is 0 Å². The molecule has 0 aliphatic carbocycles. The van der Waals surface area contributed by atoms with Crippen molar-refractivity contribution in [2.45, 2.75) is 13.8 Å². The van der Waals surface area contributed by atoms with Gasteiger partial charge in [0.05, 0.1) is 11.1 Å². The van der Waals surface area contributed by atoms with E-state index in [0.29, 0.717) is 22.5 Å². The largest absolute Gasteiger partial charge is 0.355 e. The van der Waals surface area contributed by atoms with Gasteiger partial charge >= 0.3 is 0 Å². The zero-order valence-corrected chi connectivity index (χ0v) is 7.73. The van der Waals surface area contributed by atoms with Crippen molar-refractivity contribution in [3.63, 3.8) is 0 Å². The lowest BCUT2D eigenvalue weighted by Crippen LogP contribution is -2.13. The van der Waals surface area contributed by atoms with Gasteiger partial charge in [-0.3, -0.25) is 0 Å². The SMILES string of the molecule is C=C(NC(=C)C(C)=C=O)C(C)=C=O. The Hall–Kier alpha value is -1.82. The minimum atomic E-state index is 0.347. The monoisotopic (exact) mass is 177 g/mol. The van der Waals surface area contributed by atoms with Crippen molar-refractivity contribution in [3.8, 4) is 0 Å². The molecule has 0 rings (SSSR count). The highest BCUT2D eigenvalue weighted by molar-refractivity contribution is 5.62. The van der Waals surface area contributed by atoms with E-state index in [1.807, 2.05) is 0 Å². The molecule has 68 valence electrons. The second-order valence-electron chi connectivity index (χ2n) is 2.54. The quantitative estimate of drug-likeness (QED) is 0.517. The van der Waals surface area contributed by atoms with Crippen molar-refractivity contribution in [3.05, 3.63) is 35.7 Å². The van der Waals surface area contributed by atoms with Crippen LogP contribution in [0.2, 0.25) is 0 Å². The Morgan fingerprint density at radius 1 is 1.00 bits per heavy atom. The molecule has 0 atom stereocenters. The predicted octanol–water partition coefficient (Wildman–Crippen LogP) is 1.16. The average Bonchev–Trinajstić information content (AvgIpc) is 2.14. The van der Waals surface area contributed by atoms with E-state index in [9.17, 15) is 9.59 Å². The summed E-state index contributed by atoms with van der Waals surface area (Å²) in [5.74, 6) is 3.37. The molecule has 0 amide bonds. The van der Waals surface area contributed by atoms with E-state index in [1.165, 1.54) is 0 Å². The van der Waals surface area contributed by atoms with Gasteiger partial charge in [0.1, 0.15) is 11.9 Å². The minimum absolute atomic E-state index is 0.347. The average molecular weight is 177 g/mol. The van der Waals surface area contributed by atoms with E-state index in [-0.39, 0.29) is 0 Å². The van der Waals surface area contributed by atoms with Gasteiger partial charge in [-0.2, -0.15) is 0 Å². The van der Waals surface area contributed by atoms with Crippen LogP contribution < -0.4 is 5.32 Å². The molecule has 0 aromatic heterocycles. The third-order valence-electron chi connectivity index (χ3n) is 1.51. The zero-order chi connectivity index (χ0) is 10.4. The van der Waals surface area contributed by atoms with Crippen molar-refractivity contribution < 1.29 is 9.59 Å². The summed E-state index contributed by atoms with van der Waals surface area (Å²) in [7, 11) is 0. The summed E-state index contributed by atoms with van der Waals surface area (Å²) < 4.78 is 0. The first-order chi connectivity index (χ1) is 6.02. The number of hydrogen-bond donors (Lipinski definition) is 1. The first kappa shape index (κ1) is 11.2. The highest BCUT2D eigenvalue weighted by Gasteiger charge is 2.01. The topological polar surface area (TPSA) is 46.2 Å². The molecule has 0 aliphatic rings. The van der Waals surface area contributed by atoms with Crippen LogP contribution in [-0.4, -0.2) is 11.9 Å². The molecule has 3 heteroatoms. The third-order valence-corrected chi connectivity index (χ3v) is 1.51. The fourth-order valence-electron chi connectivity index (χ4n) is 0.493. The molecule has 0 saturated heterocycles. The van der Waals surface area contributed by atoms with Gasteiger partial charge in [0, 0.05) is 11.4 Å². The minimum Gasteiger partial charge on any atom is -0.355 e. The van der Waals surface area contributed by atoms with Gasteiger partial charge in [-0.15, -0.1) is 0 Å². The van der Waals surface area contributed by atoms with Gasteiger partial charge in [-0.1, -0.05) is 13.2 Å². The Morgan fingerprint density at radius 2 is 1.31 bits per heavy atom. The molecule has 0 saturated carbocycles. The van der Waals surface area contributed by atoms with Crippen molar-refractivity contribution in [2.24, 2.45) is 0 Å². The normalized spacial score (nSPS) is 7.85. The van der Waals surface area contributed by atoms with Crippen LogP contribution in [0.1, 0.15) is 13.8 Å². The number of hydrogen-bond acceptors (Lipinski definition) is 3. The third kappa shape index (κ3) is 3.39. The molecule has 0 spiro atoms. The summed E-state index contributed by atoms with van der Waals surface area (Å²) in [6.45, 7) is 10.3. The molecular formula is C10H11NO2. The standard InChI is InChI=1S/C10H11NO2/c1-7(5-12)9(3)11-10(4)8(2)6-13/h11H,3-4H2,1-2H3. The maximum atomic E-state index is 10.2. The van der Waals surface area contributed by atoms with Crippen molar-refractivity contribution in [1.29, 1.82) is 0 Å². The molecule has 3 nitrogen and oxygen atoms in total. The lowest BCUT2D eigenvalue weighted by atomic mass is 10.2. The molecule has 0 aromatic carbocycles. The van der Waals surface area contributed by atoms with E-state index in [0.717, 1.165) is 0 Å². The molecule has 1 N–H and O–H groups in total. The van der Waals surface area contributed by atoms with Crippen LogP contribution in [0, 0.1) is 0 Å². The molecule has 0 fully saturated rings. The molecule has 0 radical (unpaired) electrons. The van der Waals surface area contributed by atoms with E-state index in [2.05, 4.69) is 18.5 Å². The predicted molar refractivity (Wildman–Crippen MR) is 51.2 cm³/mol. The zero-order valence-electron chi connectivity index (χ0n) is 7.73. The van der Waals surface area contributed by atoms with Crippen molar-refractivity contribution in [1.82, 2.24) is 5.32 Å². The molecule has 0 bridgehead atoms. The Balaban J connectivity index is 4.49. The Kier molecular flexibility index (Phi) is 4.25. The smallest absolute Gasteiger partial charge is 0.129 e. The fourth-order valence-corrected chi connectivity index (χ4v) is 0.493. The summed E-state index contributed by atoms with van der Waals surface area (Å²) in [5.41, 5.74) is 1.46. The Labute approximate surface area is 77.1 Å². The summed E-state index contributed by atoms with van der Waals surface area (Å²) in [5, 5.41) is 2.69. The maximum absolute atomic E-state index is 10.2. The highest BCUT2D eigenvalue weighted by Crippen LogP contribution is 2.05. The van der Waals surface area contributed by atoms with Crippen LogP contribution in [0.4, 0.5) is 0 Å². The van der Waals surface area contributed by atoms with Gasteiger partial charge in [0.2, 0.25) is 0 Å². The van der Waals surface area contributed by atoms with Gasteiger partial charge in [0.15, 0.2) is 0 Å². The lowest BCUT2D eigenvalue weighted by molar-refractivity contribution is 0.567. The molecule has 13 heavy (non-hydrogen) atoms. The molecule has 0 heterocycles. The van der Waals surface area contributed by atoms with Crippen LogP contribution >= 0.6 is 0 Å². The van der Waals surface area contributed by atoms with Crippen LogP contribution in [0.5, 0.6) is 0 Å². The van der Waals surface area contributed by atoms with Crippen molar-refractivity contribution in [2.75, 3.05) is 0 Å². The van der Waals surface area contributed by atoms with Gasteiger partial charge in [-0.05, 0) is 13.8 Å². The lowest BCUT2D eigenvalue weighted by Gasteiger charge is -2.08. The van der Waals surface area contributed by atoms with Gasteiger partial charge < -0.3 is 5.32 Å². The molecule has 0 unspecified atom stereocenters. The molecular weight excluding hydrogens is 166 g/mol. The number of carbonyl (C=O) groups excluding carboxylic acids is 2. The van der Waals surface area contributed by atoms with Gasteiger partial charge in [0.25, 0.3) is 0 Å². The second kappa shape index (κ2) is 4.94. The molecule has 0 aliphatic heterocycles. The summed E-state index contributed by atoms with van der Waals surface area (Å²) in [6.07, 6.45) is 0. The number of allylic oxidation sites excluding steroid dienone is 2. The fraction of sp³-hybridized carbons (Fsp3) is 0.200. The van der Waals surface area contributed by atoms with E-state index >= 15 is 0 Å². The number of rotatable bonds is 4. The number of nitrogens with one attached hydrogen (secondary N) is 1. The Bertz CT molecular complexity index is 306. The summed E-state index contributed by atoms with van der Waals surface area (Å²) >= 11 is 0. The first-order valence-electron chi connectivity index (χ1n) is 3.62. The van der Waals surface area contributed by atoms with Crippen LogP contribution in [-0.2, 0) is 9.59 Å². The van der Waals surface area contributed by atoms with Crippen LogP contribution in [0.15, 0.2) is 35.7 Å². The Morgan fingerprint density at radius 3 is 1.54 bits per heavy atom. The maximum Gasteiger partial charge on any atom is 0.129 e. The summed E-state index contributed by atoms with van der Waals surface area (Å²) in [4.78, 5) is 20.4. The first-order valence-corrected chi connectivity index (χ1v) is 3.62. The van der Waals surface area contributed by atoms with E-state index < -0.39 is 0 Å². The van der Waals surface area contributed by atoms with Gasteiger partial charge in [-0.25, -0.2) is 9.59 Å². The van der Waals surface area contributed by atoms with Crippen LogP contribution in [0.3, 0.4) is 0 Å². The summed E-state index contributed by atoms with van der Waals surface area (Å²) in [6, 6.07) is 0. The second-order valence-corrected chi connectivity index (χ2v) is 2.54. The van der Waals surface area contributed by atoms with E-state index in [4.69, 9.17) is 0 Å².